The van der Waals surface area contributed by atoms with Crippen LogP contribution < -0.4 is 10.6 Å². The molecule has 0 saturated heterocycles. The molecule has 0 atom stereocenters. The van der Waals surface area contributed by atoms with E-state index in [0.29, 0.717) is 19.5 Å². The molecule has 0 aliphatic carbocycles. The van der Waals surface area contributed by atoms with E-state index in [-0.39, 0.29) is 5.91 Å². The summed E-state index contributed by atoms with van der Waals surface area (Å²) in [5, 5.41) is 0. The Morgan fingerprint density at radius 1 is 1.16 bits per heavy atom. The molecule has 0 spiro atoms. The molecule has 3 nitrogen and oxygen atoms in total. The molecule has 0 fully saturated rings. The van der Waals surface area contributed by atoms with Crippen LogP contribution in [0.4, 0.5) is 5.69 Å². The van der Waals surface area contributed by atoms with Crippen LogP contribution in [0.5, 0.6) is 0 Å². The zero-order valence-corrected chi connectivity index (χ0v) is 12.2. The van der Waals surface area contributed by atoms with Crippen LogP contribution in [0.3, 0.4) is 0 Å². The Balaban J connectivity index is 2.70. The number of nitrogens with two attached hydrogens (primary N) is 1. The Hall–Kier alpha value is -1.35. The predicted octanol–water partition coefficient (Wildman–Crippen LogP) is 3.26. The van der Waals surface area contributed by atoms with Gasteiger partial charge in [-0.15, -0.1) is 0 Å². The van der Waals surface area contributed by atoms with Gasteiger partial charge in [-0.1, -0.05) is 37.5 Å². The fourth-order valence-electron chi connectivity index (χ4n) is 2.03. The number of aryl methyl sites for hydroxylation is 1. The lowest BCUT2D eigenvalue weighted by Crippen LogP contribution is -2.32. The molecule has 1 aromatic rings. The third-order valence-corrected chi connectivity index (χ3v) is 3.23. The minimum Gasteiger partial charge on any atom is -0.330 e. The normalized spacial score (nSPS) is 10.5. The maximum absolute atomic E-state index is 12.3. The van der Waals surface area contributed by atoms with Gasteiger partial charge >= 0.3 is 0 Å². The van der Waals surface area contributed by atoms with E-state index in [9.17, 15) is 4.79 Å². The zero-order valence-electron chi connectivity index (χ0n) is 12.2. The van der Waals surface area contributed by atoms with E-state index in [1.807, 2.05) is 29.2 Å². The topological polar surface area (TPSA) is 46.3 Å². The molecule has 0 aliphatic heterocycles. The van der Waals surface area contributed by atoms with Gasteiger partial charge < -0.3 is 10.6 Å². The van der Waals surface area contributed by atoms with Crippen LogP contribution in [-0.4, -0.2) is 19.0 Å². The monoisotopic (exact) mass is 262 g/mol. The predicted molar refractivity (Wildman–Crippen MR) is 81.3 cm³/mol. The first-order chi connectivity index (χ1) is 9.19. The Morgan fingerprint density at radius 3 is 2.42 bits per heavy atom. The first-order valence-corrected chi connectivity index (χ1v) is 7.26. The molecular formula is C16H26N2O. The van der Waals surface area contributed by atoms with Crippen LogP contribution in [0.1, 0.15) is 44.6 Å². The molecule has 19 heavy (non-hydrogen) atoms. The second-order valence-electron chi connectivity index (χ2n) is 4.98. The number of carbonyl (C=O) groups excluding carboxylic acids is 1. The summed E-state index contributed by atoms with van der Waals surface area (Å²) in [5.41, 5.74) is 7.76. The van der Waals surface area contributed by atoms with Crippen LogP contribution in [-0.2, 0) is 4.79 Å². The number of rotatable bonds is 8. The molecule has 0 aromatic heterocycles. The van der Waals surface area contributed by atoms with E-state index < -0.39 is 0 Å². The number of amides is 1. The maximum Gasteiger partial charge on any atom is 0.226 e. The lowest BCUT2D eigenvalue weighted by molar-refractivity contribution is -0.118. The van der Waals surface area contributed by atoms with Gasteiger partial charge in [-0.25, -0.2) is 0 Å². The average molecular weight is 262 g/mol. The number of hydrogen-bond donors (Lipinski definition) is 1. The molecule has 0 saturated carbocycles. The van der Waals surface area contributed by atoms with Gasteiger partial charge in [0.25, 0.3) is 0 Å². The third kappa shape index (κ3) is 5.43. The summed E-state index contributed by atoms with van der Waals surface area (Å²) in [4.78, 5) is 14.2. The Labute approximate surface area is 116 Å². The molecular weight excluding hydrogens is 236 g/mol. The number of nitrogens with zero attached hydrogens (tertiary/aromatic N) is 1. The van der Waals surface area contributed by atoms with Crippen LogP contribution >= 0.6 is 0 Å². The lowest BCUT2D eigenvalue weighted by Gasteiger charge is -2.23. The highest BCUT2D eigenvalue weighted by molar-refractivity contribution is 5.93. The largest absolute Gasteiger partial charge is 0.330 e. The molecule has 1 amide bonds. The van der Waals surface area contributed by atoms with Crippen molar-refractivity contribution in [3.63, 3.8) is 0 Å². The van der Waals surface area contributed by atoms with Gasteiger partial charge in [0.1, 0.15) is 0 Å². The SMILES string of the molecule is CCCCCC(=O)N(CCCN)c1ccc(C)cc1. The van der Waals surface area contributed by atoms with Crippen molar-refractivity contribution in [2.24, 2.45) is 5.73 Å². The van der Waals surface area contributed by atoms with Crippen molar-refractivity contribution in [2.75, 3.05) is 18.0 Å². The molecule has 0 bridgehead atoms. The zero-order chi connectivity index (χ0) is 14.1. The van der Waals surface area contributed by atoms with E-state index >= 15 is 0 Å². The van der Waals surface area contributed by atoms with E-state index in [4.69, 9.17) is 5.73 Å². The van der Waals surface area contributed by atoms with Gasteiger partial charge in [-0.2, -0.15) is 0 Å². The molecule has 0 heterocycles. The van der Waals surface area contributed by atoms with Crippen LogP contribution in [0.2, 0.25) is 0 Å². The van der Waals surface area contributed by atoms with Gasteiger partial charge in [0, 0.05) is 18.7 Å². The molecule has 1 aromatic carbocycles. The van der Waals surface area contributed by atoms with Crippen LogP contribution in [0.15, 0.2) is 24.3 Å². The fourth-order valence-corrected chi connectivity index (χ4v) is 2.03. The summed E-state index contributed by atoms with van der Waals surface area (Å²) in [6, 6.07) is 8.13. The molecule has 106 valence electrons. The third-order valence-electron chi connectivity index (χ3n) is 3.23. The minimum absolute atomic E-state index is 0.214. The molecule has 0 aliphatic rings. The van der Waals surface area contributed by atoms with Gasteiger partial charge in [-0.3, -0.25) is 4.79 Å². The summed E-state index contributed by atoms with van der Waals surface area (Å²) in [5.74, 6) is 0.214. The second kappa shape index (κ2) is 8.70. The first kappa shape index (κ1) is 15.7. The quantitative estimate of drug-likeness (QED) is 0.731. The van der Waals surface area contributed by atoms with Crippen molar-refractivity contribution in [3.05, 3.63) is 29.8 Å². The molecule has 0 radical (unpaired) electrons. The number of unbranched alkanes of at least 4 members (excludes halogenated alkanes) is 2. The van der Waals surface area contributed by atoms with Crippen molar-refractivity contribution >= 4 is 11.6 Å². The number of anilines is 1. The Bertz CT molecular complexity index is 373. The summed E-state index contributed by atoms with van der Waals surface area (Å²) in [6.45, 7) is 5.53. The van der Waals surface area contributed by atoms with Gasteiger partial charge in [-0.05, 0) is 38.4 Å². The van der Waals surface area contributed by atoms with E-state index in [2.05, 4.69) is 13.8 Å². The number of carbonyl (C=O) groups is 1. The average Bonchev–Trinajstić information content (AvgIpc) is 2.41. The van der Waals surface area contributed by atoms with Crippen molar-refractivity contribution in [1.82, 2.24) is 0 Å². The maximum atomic E-state index is 12.3. The summed E-state index contributed by atoms with van der Waals surface area (Å²) < 4.78 is 0. The van der Waals surface area contributed by atoms with Crippen molar-refractivity contribution < 1.29 is 4.79 Å². The smallest absolute Gasteiger partial charge is 0.226 e. The van der Waals surface area contributed by atoms with Gasteiger partial charge in [0.05, 0.1) is 0 Å². The highest BCUT2D eigenvalue weighted by atomic mass is 16.2. The van der Waals surface area contributed by atoms with Crippen LogP contribution in [0.25, 0.3) is 0 Å². The van der Waals surface area contributed by atoms with Gasteiger partial charge in [0.2, 0.25) is 5.91 Å². The van der Waals surface area contributed by atoms with E-state index in [0.717, 1.165) is 31.4 Å². The molecule has 0 unspecified atom stereocenters. The van der Waals surface area contributed by atoms with E-state index in [1.54, 1.807) is 0 Å². The summed E-state index contributed by atoms with van der Waals surface area (Å²) in [6.07, 6.45) is 4.70. The summed E-state index contributed by atoms with van der Waals surface area (Å²) in [7, 11) is 0. The van der Waals surface area contributed by atoms with Gasteiger partial charge in [0.15, 0.2) is 0 Å². The highest BCUT2D eigenvalue weighted by Crippen LogP contribution is 2.17. The van der Waals surface area contributed by atoms with Crippen molar-refractivity contribution in [3.8, 4) is 0 Å². The number of benzene rings is 1. The van der Waals surface area contributed by atoms with E-state index in [1.165, 1.54) is 5.56 Å². The lowest BCUT2D eigenvalue weighted by atomic mass is 10.1. The minimum atomic E-state index is 0.214. The number of hydrogen-bond acceptors (Lipinski definition) is 2. The second-order valence-corrected chi connectivity index (χ2v) is 4.98. The first-order valence-electron chi connectivity index (χ1n) is 7.26. The fraction of sp³-hybridized carbons (Fsp3) is 0.562. The molecule has 1 rings (SSSR count). The standard InChI is InChI=1S/C16H26N2O/c1-3-4-5-7-16(19)18(13-6-12-17)15-10-8-14(2)9-11-15/h8-11H,3-7,12-13,17H2,1-2H3. The Morgan fingerprint density at radius 2 is 1.84 bits per heavy atom. The highest BCUT2D eigenvalue weighted by Gasteiger charge is 2.14. The van der Waals surface area contributed by atoms with Crippen molar-refractivity contribution in [2.45, 2.75) is 46.0 Å². The molecule has 3 heteroatoms. The molecule has 2 N–H and O–H groups in total. The Kier molecular flexibility index (Phi) is 7.19. The summed E-state index contributed by atoms with van der Waals surface area (Å²) >= 11 is 0. The van der Waals surface area contributed by atoms with Crippen LogP contribution in [0, 0.1) is 6.92 Å². The van der Waals surface area contributed by atoms with Crippen molar-refractivity contribution in [1.29, 1.82) is 0 Å².